The summed E-state index contributed by atoms with van der Waals surface area (Å²) in [6.07, 6.45) is 0.729. The van der Waals surface area contributed by atoms with Crippen molar-refractivity contribution in [1.82, 2.24) is 0 Å². The van der Waals surface area contributed by atoms with Gasteiger partial charge in [0.25, 0.3) is 0 Å². The summed E-state index contributed by atoms with van der Waals surface area (Å²) in [5.74, 6) is 0. The van der Waals surface area contributed by atoms with Crippen molar-refractivity contribution >= 4 is 95.6 Å². The van der Waals surface area contributed by atoms with Crippen molar-refractivity contribution in [3.63, 3.8) is 0 Å². The summed E-state index contributed by atoms with van der Waals surface area (Å²) in [5, 5.41) is 0. The van der Waals surface area contributed by atoms with Crippen molar-refractivity contribution in [2.45, 2.75) is 40.9 Å². The fourth-order valence-electron chi connectivity index (χ4n) is 3.22. The van der Waals surface area contributed by atoms with E-state index in [-0.39, 0.29) is 12.2 Å². The highest BCUT2D eigenvalue weighted by Crippen LogP contribution is 2.67. The fourth-order valence-corrected chi connectivity index (χ4v) is 7.15. The molecule has 2 aromatic rings. The van der Waals surface area contributed by atoms with Crippen LogP contribution in [0.2, 0.25) is 0 Å². The van der Waals surface area contributed by atoms with Crippen LogP contribution in [0.1, 0.15) is 11.1 Å². The molecule has 0 aliphatic carbocycles. The zero-order valence-electron chi connectivity index (χ0n) is 14.8. The van der Waals surface area contributed by atoms with Crippen molar-refractivity contribution in [2.75, 3.05) is 0 Å². The molecule has 29 heavy (non-hydrogen) atoms. The molecule has 0 spiro atoms. The molecule has 2 heterocycles. The molecular formula is C20H16Br6O3. The summed E-state index contributed by atoms with van der Waals surface area (Å²) in [6.45, 7) is 0. The van der Waals surface area contributed by atoms with Crippen molar-refractivity contribution in [1.29, 1.82) is 0 Å². The van der Waals surface area contributed by atoms with Crippen LogP contribution in [0.25, 0.3) is 0 Å². The molecule has 2 saturated heterocycles. The lowest BCUT2D eigenvalue weighted by Gasteiger charge is -2.29. The van der Waals surface area contributed by atoms with Crippen LogP contribution in [0.4, 0.5) is 0 Å². The second-order valence-corrected chi connectivity index (χ2v) is 16.0. The highest BCUT2D eigenvalue weighted by molar-refractivity contribution is 9.27. The number of alkyl halides is 6. The Morgan fingerprint density at radius 1 is 0.621 bits per heavy atom. The molecule has 0 N–H and O–H groups in total. The normalized spacial score (nSPS) is 31.1. The van der Waals surface area contributed by atoms with Gasteiger partial charge < -0.3 is 14.2 Å². The highest BCUT2D eigenvalue weighted by atomic mass is 79.9. The maximum atomic E-state index is 6.72. The maximum Gasteiger partial charge on any atom is 0.221 e. The zero-order valence-corrected chi connectivity index (χ0v) is 24.4. The minimum absolute atomic E-state index is 0.299. The summed E-state index contributed by atoms with van der Waals surface area (Å²) in [4.78, 5) is 0. The molecule has 2 aromatic carbocycles. The number of ether oxygens (including phenoxy) is 3. The molecule has 2 fully saturated rings. The van der Waals surface area contributed by atoms with E-state index in [4.69, 9.17) is 14.2 Å². The average Bonchev–Trinajstić information content (AvgIpc) is 3.41. The van der Waals surface area contributed by atoms with Gasteiger partial charge >= 0.3 is 0 Å². The number of hydrogen-bond acceptors (Lipinski definition) is 3. The van der Waals surface area contributed by atoms with Crippen LogP contribution < -0.4 is 0 Å². The first-order valence-corrected chi connectivity index (χ1v) is 13.6. The van der Waals surface area contributed by atoms with Gasteiger partial charge in [-0.1, -0.05) is 60.7 Å². The average molecular weight is 784 g/mol. The van der Waals surface area contributed by atoms with E-state index < -0.39 is 15.9 Å². The topological polar surface area (TPSA) is 34.3 Å². The van der Waals surface area contributed by atoms with Gasteiger partial charge in [0.15, 0.2) is 0 Å². The van der Waals surface area contributed by atoms with Gasteiger partial charge in [-0.3, -0.25) is 0 Å². The highest BCUT2D eigenvalue weighted by Gasteiger charge is 2.75. The molecule has 0 amide bonds. The Bertz CT molecular complexity index is 794. The summed E-state index contributed by atoms with van der Waals surface area (Å²) >= 11 is 21.8. The SMILES string of the molecule is BrC1(Br)OC1(Br)C(Cc1ccccc1)OC(Cc1ccccc1)C1(Br)OC1(Br)Br. The van der Waals surface area contributed by atoms with Gasteiger partial charge in [0.1, 0.15) is 12.2 Å². The van der Waals surface area contributed by atoms with Crippen molar-refractivity contribution in [2.24, 2.45) is 0 Å². The van der Waals surface area contributed by atoms with Crippen LogP contribution in [0.15, 0.2) is 60.7 Å². The molecule has 2 aliphatic heterocycles. The lowest BCUT2D eigenvalue weighted by Crippen LogP contribution is -2.42. The molecule has 2 aliphatic rings. The molecule has 0 saturated carbocycles. The molecule has 4 rings (SSSR count). The van der Waals surface area contributed by atoms with Gasteiger partial charge in [0.05, 0.1) is 0 Å². The van der Waals surface area contributed by atoms with Crippen LogP contribution in [0.3, 0.4) is 0 Å². The van der Waals surface area contributed by atoms with E-state index in [9.17, 15) is 0 Å². The predicted octanol–water partition coefficient (Wildman–Crippen LogP) is 7.36. The van der Waals surface area contributed by atoms with Gasteiger partial charge in [0, 0.05) is 12.8 Å². The van der Waals surface area contributed by atoms with Crippen LogP contribution in [0.5, 0.6) is 0 Å². The Balaban J connectivity index is 1.62. The Kier molecular flexibility index (Phi) is 6.86. The van der Waals surface area contributed by atoms with Crippen LogP contribution in [-0.2, 0) is 27.1 Å². The van der Waals surface area contributed by atoms with Crippen LogP contribution in [-0.4, -0.2) is 28.1 Å². The largest absolute Gasteiger partial charge is 0.366 e. The Morgan fingerprint density at radius 3 is 1.21 bits per heavy atom. The Hall–Kier alpha value is 1.20. The predicted molar refractivity (Wildman–Crippen MR) is 136 cm³/mol. The molecule has 0 bridgehead atoms. The van der Waals surface area contributed by atoms with E-state index >= 15 is 0 Å². The quantitative estimate of drug-likeness (QED) is 0.208. The summed E-state index contributed by atoms with van der Waals surface area (Å²) < 4.78 is 15.7. The molecule has 9 heteroatoms. The Morgan fingerprint density at radius 2 is 0.931 bits per heavy atom. The molecule has 4 unspecified atom stereocenters. The lowest BCUT2D eigenvalue weighted by molar-refractivity contribution is -0.0471. The molecular weight excluding hydrogens is 768 g/mol. The molecule has 3 nitrogen and oxygen atoms in total. The van der Waals surface area contributed by atoms with Gasteiger partial charge in [-0.05, 0) is 107 Å². The van der Waals surface area contributed by atoms with Crippen molar-refractivity contribution < 1.29 is 14.2 Å². The number of epoxide rings is 2. The second kappa shape index (κ2) is 8.52. The monoisotopic (exact) mass is 778 g/mol. The van der Waals surface area contributed by atoms with E-state index in [0.717, 1.165) is 11.1 Å². The first-order chi connectivity index (χ1) is 13.6. The third kappa shape index (κ3) is 4.78. The first kappa shape index (κ1) is 23.4. The maximum absolute atomic E-state index is 6.72. The van der Waals surface area contributed by atoms with E-state index in [1.54, 1.807) is 0 Å². The van der Waals surface area contributed by atoms with Crippen molar-refractivity contribution in [3.8, 4) is 0 Å². The summed E-state index contributed by atoms with van der Waals surface area (Å²) in [5.41, 5.74) is 2.32. The van der Waals surface area contributed by atoms with Crippen molar-refractivity contribution in [3.05, 3.63) is 71.8 Å². The first-order valence-electron chi connectivity index (χ1n) is 8.84. The third-order valence-electron chi connectivity index (χ3n) is 4.95. The number of halogens is 6. The van der Waals surface area contributed by atoms with E-state index in [0.29, 0.717) is 12.8 Å². The number of benzene rings is 2. The number of hydrogen-bond donors (Lipinski definition) is 0. The van der Waals surface area contributed by atoms with Gasteiger partial charge in [0.2, 0.25) is 15.9 Å². The molecule has 4 atom stereocenters. The molecule has 156 valence electrons. The van der Waals surface area contributed by atoms with Gasteiger partial charge in [-0.15, -0.1) is 0 Å². The van der Waals surface area contributed by atoms with Crippen LogP contribution in [0, 0.1) is 0 Å². The van der Waals surface area contributed by atoms with Gasteiger partial charge in [-0.2, -0.15) is 0 Å². The molecule has 0 radical (unpaired) electrons. The Labute approximate surface area is 220 Å². The minimum Gasteiger partial charge on any atom is -0.366 e. The smallest absolute Gasteiger partial charge is 0.221 e. The zero-order chi connectivity index (χ0) is 20.9. The number of rotatable bonds is 8. The summed E-state index contributed by atoms with van der Waals surface area (Å²) in [7, 11) is 0. The second-order valence-electron chi connectivity index (χ2n) is 7.02. The molecule has 0 aromatic heterocycles. The fraction of sp³-hybridized carbons (Fsp3) is 0.400. The lowest BCUT2D eigenvalue weighted by atomic mass is 10.0. The van der Waals surface area contributed by atoms with E-state index in [1.165, 1.54) is 0 Å². The third-order valence-corrected chi connectivity index (χ3v) is 12.5. The van der Waals surface area contributed by atoms with E-state index in [2.05, 4.69) is 120 Å². The standard InChI is InChI=1S/C20H16Br6O3/c21-17(19(23,24)28-17)15(11-13-7-3-1-4-8-13)27-16(18(22)20(25,26)29-18)12-14-9-5-2-6-10-14/h1-10,15-16H,11-12H2. The van der Waals surface area contributed by atoms with Gasteiger partial charge in [-0.25, -0.2) is 0 Å². The minimum atomic E-state index is -0.718. The van der Waals surface area contributed by atoms with Crippen LogP contribution >= 0.6 is 95.6 Å². The summed E-state index contributed by atoms with van der Waals surface area (Å²) in [6, 6.07) is 20.4. The van der Waals surface area contributed by atoms with E-state index in [1.807, 2.05) is 36.4 Å².